The number of hydrogen-bond acceptors (Lipinski definition) is 10. The number of rotatable bonds is 7. The highest BCUT2D eigenvalue weighted by atomic mass is 32.2. The summed E-state index contributed by atoms with van der Waals surface area (Å²) in [6.45, 7) is 2.67. The normalized spacial score (nSPS) is 23.3. The Morgan fingerprint density at radius 2 is 1.77 bits per heavy atom. The number of benzene rings is 1. The van der Waals surface area contributed by atoms with E-state index in [1.807, 2.05) is 0 Å². The highest BCUT2D eigenvalue weighted by molar-refractivity contribution is 7.89. The number of likely N-dealkylation sites (N-methyl/N-ethyl adjacent to an activating group) is 1. The van der Waals surface area contributed by atoms with E-state index in [1.54, 1.807) is 19.1 Å². The number of aliphatic hydroxyl groups is 2. The fourth-order valence-electron chi connectivity index (χ4n) is 4.29. The van der Waals surface area contributed by atoms with E-state index in [1.165, 1.54) is 45.8 Å². The lowest BCUT2D eigenvalue weighted by atomic mass is 10.1. The van der Waals surface area contributed by atoms with Crippen LogP contribution in [0, 0.1) is 0 Å². The largest absolute Gasteiger partial charge is 0.387 e. The summed E-state index contributed by atoms with van der Waals surface area (Å²) in [4.78, 5) is 37.4. The minimum absolute atomic E-state index is 0.0466. The third-order valence-corrected chi connectivity index (χ3v) is 8.09. The first kappa shape index (κ1) is 26.6. The Morgan fingerprint density at radius 3 is 2.46 bits per heavy atom. The second-order valence-corrected chi connectivity index (χ2v) is 10.7. The average molecular weight is 559 g/mol. The van der Waals surface area contributed by atoms with Gasteiger partial charge < -0.3 is 25.6 Å². The molecule has 2 aliphatic rings. The minimum atomic E-state index is -3.63. The van der Waals surface area contributed by atoms with Gasteiger partial charge in [-0.15, -0.1) is 0 Å². The number of anilines is 2. The first-order valence-corrected chi connectivity index (χ1v) is 13.4. The zero-order valence-corrected chi connectivity index (χ0v) is 21.4. The Hall–Kier alpha value is -3.96. The number of aliphatic hydroxyl groups excluding tert-OH is 2. The van der Waals surface area contributed by atoms with Crippen LogP contribution in [0.3, 0.4) is 0 Å². The van der Waals surface area contributed by atoms with Crippen molar-refractivity contribution in [3.05, 3.63) is 49.1 Å². The monoisotopic (exact) mass is 558 g/mol. The van der Waals surface area contributed by atoms with Crippen molar-refractivity contribution in [2.24, 2.45) is 0 Å². The number of imidazole rings is 1. The van der Waals surface area contributed by atoms with Crippen molar-refractivity contribution >= 4 is 44.6 Å². The van der Waals surface area contributed by atoms with Gasteiger partial charge in [-0.1, -0.05) is 12.2 Å². The van der Waals surface area contributed by atoms with Crippen LogP contribution in [-0.2, 0) is 19.6 Å². The summed E-state index contributed by atoms with van der Waals surface area (Å²) in [5, 5.41) is 28.5. The van der Waals surface area contributed by atoms with Crippen LogP contribution in [0.2, 0.25) is 0 Å². The molecule has 3 amide bonds. The summed E-state index contributed by atoms with van der Waals surface area (Å²) in [5.41, 5.74) is 0.689. The lowest BCUT2D eigenvalue weighted by molar-refractivity contribution is -0.137. The highest BCUT2D eigenvalue weighted by Crippen LogP contribution is 2.32. The fourth-order valence-corrected chi connectivity index (χ4v) is 5.64. The van der Waals surface area contributed by atoms with Crippen LogP contribution in [-0.4, -0.2) is 92.3 Å². The number of hydrogen-bond donors (Lipinski definition) is 5. The van der Waals surface area contributed by atoms with E-state index in [2.05, 4.69) is 30.9 Å². The summed E-state index contributed by atoms with van der Waals surface area (Å²) >= 11 is 0. The molecular formula is C23H26N8O7S. The Balaban J connectivity index is 1.29. The maximum absolute atomic E-state index is 12.7. The second-order valence-electron chi connectivity index (χ2n) is 8.77. The Kier molecular flexibility index (Phi) is 7.28. The maximum Gasteiger partial charge on any atom is 0.324 e. The summed E-state index contributed by atoms with van der Waals surface area (Å²) in [7, 11) is -3.63. The zero-order chi connectivity index (χ0) is 27.7. The third kappa shape index (κ3) is 5.07. The third-order valence-electron chi connectivity index (χ3n) is 6.25. The SMILES string of the molecule is CCNC(=O)[C@H]1O[C@@H](n2cnc3c(NC(=O)Nc4ccc(S(=O)(=O)N5CC=CC5)cc4)ncnc32)[C@@H](O)C1O. The van der Waals surface area contributed by atoms with Gasteiger partial charge in [-0.25, -0.2) is 28.2 Å². The lowest BCUT2D eigenvalue weighted by Crippen LogP contribution is -2.42. The summed E-state index contributed by atoms with van der Waals surface area (Å²) < 4.78 is 33.6. The summed E-state index contributed by atoms with van der Waals surface area (Å²) in [6, 6.07) is 5.07. The number of ether oxygens (including phenoxy) is 1. The average Bonchev–Trinajstić information content (AvgIpc) is 3.66. The van der Waals surface area contributed by atoms with E-state index in [-0.39, 0.29) is 21.9 Å². The van der Waals surface area contributed by atoms with E-state index in [9.17, 15) is 28.2 Å². The van der Waals surface area contributed by atoms with E-state index >= 15 is 0 Å². The van der Waals surface area contributed by atoms with Gasteiger partial charge in [0.15, 0.2) is 29.3 Å². The maximum atomic E-state index is 12.7. The van der Waals surface area contributed by atoms with Crippen LogP contribution >= 0.6 is 0 Å². The number of amides is 3. The van der Waals surface area contributed by atoms with Crippen LogP contribution in [0.25, 0.3) is 11.2 Å². The molecule has 0 bridgehead atoms. The van der Waals surface area contributed by atoms with Crippen LogP contribution < -0.4 is 16.0 Å². The molecule has 4 atom stereocenters. The first-order valence-electron chi connectivity index (χ1n) is 12.0. The molecule has 1 saturated heterocycles. The molecule has 39 heavy (non-hydrogen) atoms. The van der Waals surface area contributed by atoms with Gasteiger partial charge in [0, 0.05) is 25.3 Å². The van der Waals surface area contributed by atoms with Gasteiger partial charge in [0.2, 0.25) is 10.0 Å². The smallest absolute Gasteiger partial charge is 0.324 e. The number of aromatic nitrogens is 4. The molecule has 4 heterocycles. The van der Waals surface area contributed by atoms with Crippen molar-refractivity contribution in [3.8, 4) is 0 Å². The number of nitrogens with zero attached hydrogens (tertiary/aromatic N) is 5. The van der Waals surface area contributed by atoms with Crippen molar-refractivity contribution in [2.45, 2.75) is 36.4 Å². The molecule has 0 saturated carbocycles. The molecule has 2 aromatic heterocycles. The van der Waals surface area contributed by atoms with Gasteiger partial charge in [0.25, 0.3) is 5.91 Å². The minimum Gasteiger partial charge on any atom is -0.387 e. The van der Waals surface area contributed by atoms with Crippen LogP contribution in [0.1, 0.15) is 13.2 Å². The molecule has 1 aromatic carbocycles. The summed E-state index contributed by atoms with van der Waals surface area (Å²) in [5.74, 6) is -0.520. The fraction of sp³-hybridized carbons (Fsp3) is 0.348. The van der Waals surface area contributed by atoms with Gasteiger partial charge >= 0.3 is 6.03 Å². The van der Waals surface area contributed by atoms with Crippen molar-refractivity contribution in [1.82, 2.24) is 29.1 Å². The summed E-state index contributed by atoms with van der Waals surface area (Å²) in [6.07, 6.45) is 0.636. The molecule has 206 valence electrons. The van der Waals surface area contributed by atoms with Crippen LogP contribution in [0.4, 0.5) is 16.3 Å². The molecule has 5 rings (SSSR count). The number of fused-ring (bicyclic) bond motifs is 1. The number of urea groups is 1. The molecule has 0 aliphatic carbocycles. The molecule has 5 N–H and O–H groups in total. The van der Waals surface area contributed by atoms with E-state index < -0.39 is 46.5 Å². The number of sulfonamides is 1. The predicted octanol–water partition coefficient (Wildman–Crippen LogP) is -0.214. The van der Waals surface area contributed by atoms with E-state index in [4.69, 9.17) is 4.74 Å². The zero-order valence-electron chi connectivity index (χ0n) is 20.6. The van der Waals surface area contributed by atoms with Gasteiger partial charge in [-0.3, -0.25) is 14.7 Å². The van der Waals surface area contributed by atoms with Crippen LogP contribution in [0.15, 0.2) is 54.0 Å². The van der Waals surface area contributed by atoms with Crippen LogP contribution in [0.5, 0.6) is 0 Å². The van der Waals surface area contributed by atoms with Gasteiger partial charge in [-0.05, 0) is 31.2 Å². The Bertz CT molecular complexity index is 1520. The molecular weight excluding hydrogens is 532 g/mol. The number of carbonyl (C=O) groups excluding carboxylic acids is 2. The first-order chi connectivity index (χ1) is 18.7. The van der Waals surface area contributed by atoms with Gasteiger partial charge in [-0.2, -0.15) is 4.31 Å². The second kappa shape index (κ2) is 10.7. The standard InChI is InChI=1S/C23H26N8O7S/c1-2-24-21(34)18-16(32)17(33)22(38-18)31-12-27-15-19(25-11-26-20(15)31)29-23(35)28-13-5-7-14(8-6-13)39(36,37)30-9-3-4-10-30/h3-8,11-12,16-18,22,32-33H,2,9-10H2,1H3,(H,24,34)(H2,25,26,28,29,35)/t16?,17-,18-,22+/m0/s1. The highest BCUT2D eigenvalue weighted by Gasteiger charge is 2.47. The van der Waals surface area contributed by atoms with E-state index in [0.717, 1.165) is 0 Å². The van der Waals surface area contributed by atoms with Crippen molar-refractivity contribution in [2.75, 3.05) is 30.3 Å². The molecule has 0 spiro atoms. The van der Waals surface area contributed by atoms with Crippen molar-refractivity contribution < 1.29 is 33.0 Å². The Labute approximate surface area is 222 Å². The molecule has 16 heteroatoms. The van der Waals surface area contributed by atoms with Gasteiger partial charge in [0.1, 0.15) is 18.5 Å². The van der Waals surface area contributed by atoms with Crippen molar-refractivity contribution in [1.29, 1.82) is 0 Å². The molecule has 1 fully saturated rings. The number of carbonyl (C=O) groups is 2. The lowest BCUT2D eigenvalue weighted by Gasteiger charge is -2.16. The number of nitrogens with one attached hydrogen (secondary N) is 3. The van der Waals surface area contributed by atoms with Crippen molar-refractivity contribution in [3.63, 3.8) is 0 Å². The molecule has 1 unspecified atom stereocenters. The van der Waals surface area contributed by atoms with Gasteiger partial charge in [0.05, 0.1) is 11.2 Å². The topological polar surface area (TPSA) is 201 Å². The molecule has 15 nitrogen and oxygen atoms in total. The molecule has 2 aliphatic heterocycles. The quantitative estimate of drug-likeness (QED) is 0.242. The molecule has 0 radical (unpaired) electrons. The predicted molar refractivity (Wildman–Crippen MR) is 137 cm³/mol. The molecule has 3 aromatic rings. The Morgan fingerprint density at radius 1 is 1.05 bits per heavy atom. The van der Waals surface area contributed by atoms with E-state index in [0.29, 0.717) is 25.3 Å².